The molecule has 170 valence electrons. The van der Waals surface area contributed by atoms with Crippen molar-refractivity contribution in [1.29, 1.82) is 0 Å². The molecule has 3 aromatic carbocycles. The highest BCUT2D eigenvalue weighted by atomic mass is 32.2. The molecule has 0 aliphatic rings. The fraction of sp³-hybridized carbons (Fsp3) is 0.100. The minimum Gasteiger partial charge on any atom is -0.379 e. The van der Waals surface area contributed by atoms with Gasteiger partial charge < -0.3 is 4.18 Å². The lowest BCUT2D eigenvalue weighted by molar-refractivity contribution is -0.0851. The van der Waals surface area contributed by atoms with Gasteiger partial charge in [0.2, 0.25) is 0 Å². The molecule has 0 bridgehead atoms. The molecular formula is C20H18O9S3. The molecule has 32 heavy (non-hydrogen) atoms. The zero-order chi connectivity index (χ0) is 23.6. The second-order valence-electron chi connectivity index (χ2n) is 6.64. The highest BCUT2D eigenvalue weighted by Crippen LogP contribution is 2.27. The molecule has 0 N–H and O–H groups in total. The summed E-state index contributed by atoms with van der Waals surface area (Å²) in [5, 5.41) is 0. The molecule has 3 aromatic rings. The Bertz CT molecular complexity index is 1430. The molecule has 0 fully saturated rings. The first kappa shape index (κ1) is 23.9. The first-order valence-electron chi connectivity index (χ1n) is 8.95. The summed E-state index contributed by atoms with van der Waals surface area (Å²) in [6.07, 6.45) is 0. The Morgan fingerprint density at radius 3 is 1.62 bits per heavy atom. The maximum atomic E-state index is 12.4. The highest BCUT2D eigenvalue weighted by molar-refractivity contribution is 7.89. The Hall–Kier alpha value is -2.77. The SMILES string of the molecule is Cc1ccc(S(=O)(=O)Oc2ccc(S(=O)(=O)OOS(=O)(=O)c3ccccc3)cc2C)cc1. The molecule has 0 aliphatic carbocycles. The largest absolute Gasteiger partial charge is 0.379 e. The summed E-state index contributed by atoms with van der Waals surface area (Å²) in [6.45, 7) is 3.22. The number of benzene rings is 3. The number of rotatable bonds is 8. The molecule has 0 spiro atoms. The molecule has 12 heteroatoms. The zero-order valence-corrected chi connectivity index (χ0v) is 19.3. The van der Waals surface area contributed by atoms with Crippen molar-refractivity contribution in [2.45, 2.75) is 28.5 Å². The lowest BCUT2D eigenvalue weighted by Crippen LogP contribution is -2.14. The molecule has 0 atom stereocenters. The average Bonchev–Trinajstić information content (AvgIpc) is 2.75. The number of hydrogen-bond acceptors (Lipinski definition) is 9. The van der Waals surface area contributed by atoms with Gasteiger partial charge in [0.1, 0.15) is 10.6 Å². The highest BCUT2D eigenvalue weighted by Gasteiger charge is 2.25. The monoisotopic (exact) mass is 498 g/mol. The van der Waals surface area contributed by atoms with Gasteiger partial charge in [-0.25, -0.2) is 0 Å². The van der Waals surface area contributed by atoms with Crippen molar-refractivity contribution in [3.05, 3.63) is 83.9 Å². The standard InChI is InChI=1S/C20H18O9S3/c1-15-8-10-18(11-9-15)30(21,22)27-20-13-12-19(14-16(20)2)32(25,26)29-28-31(23,24)17-6-4-3-5-7-17/h3-14H,1-2H3. The predicted molar refractivity (Wildman–Crippen MR) is 113 cm³/mol. The van der Waals surface area contributed by atoms with Gasteiger partial charge in [-0.05, 0) is 61.9 Å². The van der Waals surface area contributed by atoms with E-state index in [2.05, 4.69) is 8.67 Å². The van der Waals surface area contributed by atoms with Crippen molar-refractivity contribution in [3.63, 3.8) is 0 Å². The van der Waals surface area contributed by atoms with E-state index < -0.39 is 35.2 Å². The Kier molecular flexibility index (Phi) is 6.72. The molecule has 0 aromatic heterocycles. The van der Waals surface area contributed by atoms with Crippen LogP contribution in [0, 0.1) is 13.8 Å². The third-order valence-electron chi connectivity index (χ3n) is 4.18. The van der Waals surface area contributed by atoms with Gasteiger partial charge in [0.25, 0.3) is 0 Å². The molecular weight excluding hydrogens is 480 g/mol. The minimum absolute atomic E-state index is 0.0675. The van der Waals surface area contributed by atoms with Gasteiger partial charge in [-0.1, -0.05) is 44.6 Å². The second-order valence-corrected chi connectivity index (χ2v) is 11.2. The predicted octanol–water partition coefficient (Wildman–Crippen LogP) is 3.10. The van der Waals surface area contributed by atoms with Crippen LogP contribution in [0.3, 0.4) is 0 Å². The van der Waals surface area contributed by atoms with Crippen LogP contribution in [-0.2, 0) is 39.0 Å². The van der Waals surface area contributed by atoms with E-state index in [1.807, 2.05) is 0 Å². The van der Waals surface area contributed by atoms with Crippen molar-refractivity contribution in [3.8, 4) is 5.75 Å². The third-order valence-corrected chi connectivity index (χ3v) is 7.69. The summed E-state index contributed by atoms with van der Waals surface area (Å²) in [7, 11) is -13.3. The van der Waals surface area contributed by atoms with E-state index >= 15 is 0 Å². The Morgan fingerprint density at radius 2 is 1.06 bits per heavy atom. The molecule has 0 heterocycles. The summed E-state index contributed by atoms with van der Waals surface area (Å²) in [4.78, 5) is -0.822. The Labute approximate surface area is 186 Å². The van der Waals surface area contributed by atoms with Crippen LogP contribution in [0.25, 0.3) is 0 Å². The summed E-state index contributed by atoms with van der Waals surface area (Å²) >= 11 is 0. The third kappa shape index (κ3) is 5.53. The van der Waals surface area contributed by atoms with E-state index in [-0.39, 0.29) is 21.1 Å². The van der Waals surface area contributed by atoms with Gasteiger partial charge >= 0.3 is 30.4 Å². The zero-order valence-electron chi connectivity index (χ0n) is 16.8. The van der Waals surface area contributed by atoms with E-state index in [9.17, 15) is 25.3 Å². The molecule has 0 aliphatic heterocycles. The van der Waals surface area contributed by atoms with Crippen LogP contribution in [0.4, 0.5) is 0 Å². The van der Waals surface area contributed by atoms with Crippen LogP contribution >= 0.6 is 0 Å². The minimum atomic E-state index is -4.65. The summed E-state index contributed by atoms with van der Waals surface area (Å²) < 4.78 is 87.2. The van der Waals surface area contributed by atoms with Gasteiger partial charge in [-0.2, -0.15) is 25.3 Å². The fourth-order valence-corrected chi connectivity index (χ4v) is 5.26. The molecule has 0 saturated heterocycles. The normalized spacial score (nSPS) is 12.4. The molecule has 9 nitrogen and oxygen atoms in total. The summed E-state index contributed by atoms with van der Waals surface area (Å²) in [5.74, 6) is -0.109. The summed E-state index contributed by atoms with van der Waals surface area (Å²) in [5.41, 5.74) is 1.02. The van der Waals surface area contributed by atoms with Gasteiger partial charge in [0.15, 0.2) is 0 Å². The van der Waals surface area contributed by atoms with Crippen LogP contribution < -0.4 is 4.18 Å². The van der Waals surface area contributed by atoms with Crippen molar-refractivity contribution in [2.75, 3.05) is 0 Å². The molecule has 0 radical (unpaired) electrons. The fourth-order valence-electron chi connectivity index (χ4n) is 2.48. The van der Waals surface area contributed by atoms with Crippen molar-refractivity contribution in [2.24, 2.45) is 0 Å². The number of hydrogen-bond donors (Lipinski definition) is 0. The lowest BCUT2D eigenvalue weighted by Gasteiger charge is -2.11. The van der Waals surface area contributed by atoms with Crippen molar-refractivity contribution < 1.29 is 38.1 Å². The van der Waals surface area contributed by atoms with Crippen LogP contribution in [0.5, 0.6) is 5.75 Å². The lowest BCUT2D eigenvalue weighted by atomic mass is 10.2. The Balaban J connectivity index is 1.78. The number of aryl methyl sites for hydroxylation is 2. The van der Waals surface area contributed by atoms with E-state index in [0.717, 1.165) is 23.8 Å². The van der Waals surface area contributed by atoms with E-state index in [1.54, 1.807) is 25.1 Å². The van der Waals surface area contributed by atoms with Crippen LogP contribution in [0.15, 0.2) is 87.5 Å². The molecule has 3 rings (SSSR count). The first-order valence-corrected chi connectivity index (χ1v) is 13.2. The van der Waals surface area contributed by atoms with Gasteiger partial charge in [-0.15, -0.1) is 0 Å². The van der Waals surface area contributed by atoms with Crippen molar-refractivity contribution >= 4 is 30.4 Å². The van der Waals surface area contributed by atoms with Gasteiger partial charge in [-0.3, -0.25) is 0 Å². The van der Waals surface area contributed by atoms with E-state index in [0.29, 0.717) is 0 Å². The summed E-state index contributed by atoms with van der Waals surface area (Å²) in [6, 6.07) is 16.0. The topological polar surface area (TPSA) is 130 Å². The van der Waals surface area contributed by atoms with Gasteiger partial charge in [0.05, 0.1) is 9.79 Å². The molecule has 0 saturated carbocycles. The quantitative estimate of drug-likeness (QED) is 0.261. The maximum Gasteiger partial charge on any atom is 0.339 e. The van der Waals surface area contributed by atoms with Crippen LogP contribution in [-0.4, -0.2) is 25.3 Å². The Morgan fingerprint density at radius 1 is 0.562 bits per heavy atom. The molecule has 0 unspecified atom stereocenters. The van der Waals surface area contributed by atoms with Crippen LogP contribution in [0.1, 0.15) is 11.1 Å². The van der Waals surface area contributed by atoms with Crippen LogP contribution in [0.2, 0.25) is 0 Å². The molecule has 0 amide bonds. The smallest absolute Gasteiger partial charge is 0.339 e. The van der Waals surface area contributed by atoms with E-state index in [4.69, 9.17) is 4.18 Å². The van der Waals surface area contributed by atoms with Gasteiger partial charge in [0, 0.05) is 0 Å². The first-order chi connectivity index (χ1) is 14.9. The average molecular weight is 499 g/mol. The maximum absolute atomic E-state index is 12.4. The van der Waals surface area contributed by atoms with Crippen molar-refractivity contribution in [1.82, 2.24) is 0 Å². The van der Waals surface area contributed by atoms with E-state index in [1.165, 1.54) is 43.3 Å². The second kappa shape index (κ2) is 9.00.